The highest BCUT2D eigenvalue weighted by atomic mass is 35.5. The lowest BCUT2D eigenvalue weighted by atomic mass is 10.0. The quantitative estimate of drug-likeness (QED) is 0.301. The molecule has 0 amide bonds. The van der Waals surface area contributed by atoms with Gasteiger partial charge in [-0.3, -0.25) is 0 Å². The van der Waals surface area contributed by atoms with Crippen LogP contribution in [-0.2, 0) is 0 Å². The van der Waals surface area contributed by atoms with Gasteiger partial charge in [0.05, 0.1) is 11.7 Å². The maximum atomic E-state index is 6.12. The lowest BCUT2D eigenvalue weighted by Crippen LogP contribution is -2.21. The van der Waals surface area contributed by atoms with Gasteiger partial charge in [-0.1, -0.05) is 23.8 Å². The van der Waals surface area contributed by atoms with Gasteiger partial charge in [0.2, 0.25) is 0 Å². The predicted octanol–water partition coefficient (Wildman–Crippen LogP) is 3.15. The summed E-state index contributed by atoms with van der Waals surface area (Å²) in [5.41, 5.74) is 0. The first-order valence-electron chi connectivity index (χ1n) is 3.44. The van der Waals surface area contributed by atoms with Crippen LogP contribution in [0.15, 0.2) is 28.3 Å². The van der Waals surface area contributed by atoms with Crippen LogP contribution in [0.5, 0.6) is 0 Å². The minimum absolute atomic E-state index is 0.394. The standard InChI is InChI=1S/C8H7Cl2NS/c9-7-2-1-3-8(10,4-7)5-11-6-12/h1,3-4H,2,5H2. The summed E-state index contributed by atoms with van der Waals surface area (Å²) in [4.78, 5) is 3.18. The third-order valence-corrected chi connectivity index (χ3v) is 2.24. The van der Waals surface area contributed by atoms with E-state index in [4.69, 9.17) is 23.2 Å². The Bertz CT molecular complexity index is 279. The Morgan fingerprint density at radius 1 is 1.75 bits per heavy atom. The number of halogens is 2. The van der Waals surface area contributed by atoms with E-state index in [1.165, 1.54) is 0 Å². The van der Waals surface area contributed by atoms with E-state index in [1.807, 2.05) is 12.2 Å². The highest BCUT2D eigenvalue weighted by Gasteiger charge is 2.23. The van der Waals surface area contributed by atoms with E-state index in [-0.39, 0.29) is 0 Å². The van der Waals surface area contributed by atoms with E-state index < -0.39 is 4.87 Å². The summed E-state index contributed by atoms with van der Waals surface area (Å²) in [6.45, 7) is 0.394. The summed E-state index contributed by atoms with van der Waals surface area (Å²) in [5.74, 6) is 0. The summed E-state index contributed by atoms with van der Waals surface area (Å²) in [7, 11) is 0. The van der Waals surface area contributed by atoms with E-state index in [0.29, 0.717) is 6.54 Å². The highest BCUT2D eigenvalue weighted by molar-refractivity contribution is 7.78. The summed E-state index contributed by atoms with van der Waals surface area (Å²) >= 11 is 16.4. The van der Waals surface area contributed by atoms with Gasteiger partial charge < -0.3 is 0 Å². The maximum absolute atomic E-state index is 6.12. The summed E-state index contributed by atoms with van der Waals surface area (Å²) in [6, 6.07) is 0. The van der Waals surface area contributed by atoms with Crippen molar-refractivity contribution in [2.45, 2.75) is 11.3 Å². The first-order valence-corrected chi connectivity index (χ1v) is 4.60. The number of hydrogen-bond donors (Lipinski definition) is 0. The average molecular weight is 220 g/mol. The largest absolute Gasteiger partial charge is 0.230 e. The summed E-state index contributed by atoms with van der Waals surface area (Å²) in [5, 5.41) is 3.02. The molecule has 4 heteroatoms. The number of hydrogen-bond acceptors (Lipinski definition) is 2. The zero-order valence-electron chi connectivity index (χ0n) is 6.26. The Labute approximate surface area is 86.8 Å². The number of thiocarbonyl (C=S) groups is 1. The van der Waals surface area contributed by atoms with E-state index in [0.717, 1.165) is 11.5 Å². The van der Waals surface area contributed by atoms with Gasteiger partial charge >= 0.3 is 0 Å². The molecule has 1 nitrogen and oxygen atoms in total. The van der Waals surface area contributed by atoms with Gasteiger partial charge in [-0.2, -0.15) is 0 Å². The molecule has 0 fully saturated rings. The predicted molar refractivity (Wildman–Crippen MR) is 56.2 cm³/mol. The Morgan fingerprint density at radius 3 is 3.08 bits per heavy atom. The van der Waals surface area contributed by atoms with Crippen LogP contribution >= 0.6 is 35.4 Å². The van der Waals surface area contributed by atoms with Crippen LogP contribution in [0.3, 0.4) is 0 Å². The number of aliphatic imine (C=N–C) groups is 1. The summed E-state index contributed by atoms with van der Waals surface area (Å²) < 4.78 is 0. The van der Waals surface area contributed by atoms with Gasteiger partial charge in [0, 0.05) is 11.5 Å². The zero-order valence-corrected chi connectivity index (χ0v) is 8.59. The minimum atomic E-state index is -0.596. The van der Waals surface area contributed by atoms with Gasteiger partial charge in [-0.25, -0.2) is 4.99 Å². The fourth-order valence-corrected chi connectivity index (χ4v) is 1.67. The van der Waals surface area contributed by atoms with Crippen LogP contribution in [0.4, 0.5) is 0 Å². The maximum Gasteiger partial charge on any atom is 0.102 e. The number of alkyl halides is 1. The second kappa shape index (κ2) is 4.20. The normalized spacial score (nSPS) is 27.7. The van der Waals surface area contributed by atoms with Crippen LogP contribution < -0.4 is 0 Å². The molecule has 0 aliphatic heterocycles. The smallest absolute Gasteiger partial charge is 0.102 e. The third-order valence-electron chi connectivity index (χ3n) is 1.49. The molecular weight excluding hydrogens is 213 g/mol. The topological polar surface area (TPSA) is 12.4 Å². The number of allylic oxidation sites excluding steroid dienone is 2. The van der Waals surface area contributed by atoms with E-state index in [9.17, 15) is 0 Å². The lowest BCUT2D eigenvalue weighted by Gasteiger charge is -2.19. The Kier molecular flexibility index (Phi) is 3.48. The van der Waals surface area contributed by atoms with Gasteiger partial charge in [0.1, 0.15) is 4.87 Å². The van der Waals surface area contributed by atoms with Gasteiger partial charge in [-0.15, -0.1) is 11.6 Å². The number of nitrogens with zero attached hydrogens (tertiary/aromatic N) is 1. The van der Waals surface area contributed by atoms with E-state index in [2.05, 4.69) is 22.4 Å². The molecule has 0 aromatic carbocycles. The molecule has 1 atom stereocenters. The van der Waals surface area contributed by atoms with Crippen LogP contribution in [0, 0.1) is 0 Å². The molecule has 12 heavy (non-hydrogen) atoms. The second-order valence-electron chi connectivity index (χ2n) is 2.53. The molecular formula is C8H7Cl2NS. The zero-order chi connectivity index (χ0) is 9.03. The molecule has 0 N–H and O–H groups in total. The molecule has 1 rings (SSSR count). The molecule has 0 aromatic heterocycles. The van der Waals surface area contributed by atoms with Crippen LogP contribution in [-0.4, -0.2) is 16.6 Å². The van der Waals surface area contributed by atoms with Gasteiger partial charge in [0.15, 0.2) is 0 Å². The third kappa shape index (κ3) is 2.72. The van der Waals surface area contributed by atoms with Crippen LogP contribution in [0.2, 0.25) is 0 Å². The first-order chi connectivity index (χ1) is 5.66. The second-order valence-corrected chi connectivity index (χ2v) is 3.90. The average Bonchev–Trinajstić information content (AvgIpc) is 2.01. The van der Waals surface area contributed by atoms with E-state index in [1.54, 1.807) is 6.08 Å². The Hall–Kier alpha value is -0.140. The minimum Gasteiger partial charge on any atom is -0.230 e. The van der Waals surface area contributed by atoms with Crippen molar-refractivity contribution in [1.82, 2.24) is 0 Å². The first kappa shape index (κ1) is 9.94. The molecule has 0 spiro atoms. The molecule has 0 bridgehead atoms. The number of rotatable bonds is 2. The van der Waals surface area contributed by atoms with Gasteiger partial charge in [-0.05, 0) is 18.3 Å². The van der Waals surface area contributed by atoms with Crippen molar-refractivity contribution >= 4 is 40.6 Å². The van der Waals surface area contributed by atoms with Crippen LogP contribution in [0.1, 0.15) is 6.42 Å². The molecule has 0 heterocycles. The van der Waals surface area contributed by atoms with Crippen molar-refractivity contribution in [2.75, 3.05) is 6.54 Å². The van der Waals surface area contributed by atoms with Crippen LogP contribution in [0.25, 0.3) is 0 Å². The highest BCUT2D eigenvalue weighted by Crippen LogP contribution is 2.28. The summed E-state index contributed by atoms with van der Waals surface area (Å²) in [6.07, 6.45) is 6.33. The SMILES string of the molecule is S=C=NCC1(Cl)C=CCC(Cl)=C1. The van der Waals surface area contributed by atoms with Gasteiger partial charge in [0.25, 0.3) is 0 Å². The van der Waals surface area contributed by atoms with Crippen molar-refractivity contribution in [3.63, 3.8) is 0 Å². The monoisotopic (exact) mass is 219 g/mol. The molecule has 0 radical (unpaired) electrons. The molecule has 64 valence electrons. The molecule has 1 unspecified atom stereocenters. The molecule has 1 aliphatic rings. The number of isothiocyanates is 1. The van der Waals surface area contributed by atoms with Crippen molar-refractivity contribution in [2.24, 2.45) is 4.99 Å². The molecule has 0 saturated heterocycles. The fraction of sp³-hybridized carbons (Fsp3) is 0.375. The van der Waals surface area contributed by atoms with Crippen molar-refractivity contribution in [3.05, 3.63) is 23.3 Å². The van der Waals surface area contributed by atoms with Crippen molar-refractivity contribution < 1.29 is 0 Å². The molecule has 0 saturated carbocycles. The lowest BCUT2D eigenvalue weighted by molar-refractivity contribution is 0.846. The molecule has 0 aromatic rings. The Morgan fingerprint density at radius 2 is 2.50 bits per heavy atom. The van der Waals surface area contributed by atoms with Crippen molar-refractivity contribution in [3.8, 4) is 0 Å². The van der Waals surface area contributed by atoms with E-state index >= 15 is 0 Å². The molecule has 1 aliphatic carbocycles. The Balaban J connectivity index is 2.75. The van der Waals surface area contributed by atoms with Crippen molar-refractivity contribution in [1.29, 1.82) is 0 Å². The fourth-order valence-electron chi connectivity index (χ4n) is 0.987.